The van der Waals surface area contributed by atoms with Crippen LogP contribution in [-0.4, -0.2) is 13.1 Å². The predicted molar refractivity (Wildman–Crippen MR) is 60.9 cm³/mol. The van der Waals surface area contributed by atoms with E-state index in [0.717, 1.165) is 5.56 Å². The maximum atomic E-state index is 11.2. The third-order valence-electron chi connectivity index (χ3n) is 1.73. The fourth-order valence-corrected chi connectivity index (χ4v) is 1.52. The Balaban J connectivity index is 3.20. The quantitative estimate of drug-likeness (QED) is 0.468. The van der Waals surface area contributed by atoms with Crippen LogP contribution in [0.4, 0.5) is 0 Å². The Hall–Kier alpha value is -1.60. The fraction of sp³-hybridized carbons (Fsp3) is 0.0909. The van der Waals surface area contributed by atoms with Crippen molar-refractivity contribution in [1.29, 1.82) is 0 Å². The summed E-state index contributed by atoms with van der Waals surface area (Å²) in [5.41, 5.74) is 0.720. The van der Waals surface area contributed by atoms with E-state index < -0.39 is 5.97 Å². The molecule has 4 heteroatoms. The molecule has 0 unspecified atom stereocenters. The van der Waals surface area contributed by atoms with Crippen molar-refractivity contribution in [2.45, 2.75) is 0 Å². The number of carbonyl (C=O) groups excluding carboxylic acids is 1. The smallest absolute Gasteiger partial charge is 0.337 e. The Labute approximate surface area is 96.3 Å². The molecule has 1 aromatic rings. The molecule has 3 nitrogen and oxygen atoms in total. The van der Waals surface area contributed by atoms with E-state index in [1.807, 2.05) is 18.2 Å². The number of carbonyl (C=O) groups is 1. The molecule has 0 aliphatic heterocycles. The van der Waals surface area contributed by atoms with Gasteiger partial charge in [0.2, 0.25) is 0 Å². The van der Waals surface area contributed by atoms with Crippen LogP contribution in [0.15, 0.2) is 36.0 Å². The number of rotatable bonds is 2. The Morgan fingerprint density at radius 1 is 1.40 bits per heavy atom. The monoisotopic (exact) mass is 265 g/mol. The average molecular weight is 266 g/mol. The van der Waals surface area contributed by atoms with Gasteiger partial charge in [0.15, 0.2) is 0 Å². The molecule has 76 valence electrons. The highest BCUT2D eigenvalue weighted by Gasteiger charge is 2.15. The Kier molecular flexibility index (Phi) is 4.07. The van der Waals surface area contributed by atoms with Crippen LogP contribution in [0.5, 0.6) is 0 Å². The van der Waals surface area contributed by atoms with Crippen LogP contribution in [0.1, 0.15) is 5.56 Å². The normalized spacial score (nSPS) is 11.3. The molecule has 0 saturated heterocycles. The van der Waals surface area contributed by atoms with Crippen LogP contribution in [0.3, 0.4) is 0 Å². The zero-order chi connectivity index (χ0) is 11.3. The summed E-state index contributed by atoms with van der Waals surface area (Å²) in [5, 5.41) is 0. The van der Waals surface area contributed by atoms with E-state index in [-0.39, 0.29) is 5.70 Å². The van der Waals surface area contributed by atoms with Crippen molar-refractivity contribution in [2.75, 3.05) is 7.11 Å². The first-order valence-electron chi connectivity index (χ1n) is 4.11. The third-order valence-corrected chi connectivity index (χ3v) is 2.56. The van der Waals surface area contributed by atoms with Crippen molar-refractivity contribution >= 4 is 26.4 Å². The number of ether oxygens (including phenoxy) is 1. The second-order valence-corrected chi connectivity index (χ2v) is 3.42. The van der Waals surface area contributed by atoms with Gasteiger partial charge in [-0.3, -0.25) is 4.79 Å². The third kappa shape index (κ3) is 2.67. The van der Waals surface area contributed by atoms with E-state index in [1.54, 1.807) is 12.1 Å². The van der Waals surface area contributed by atoms with Gasteiger partial charge >= 0.3 is 5.97 Å². The van der Waals surface area contributed by atoms with Crippen LogP contribution >= 0.6 is 15.9 Å². The van der Waals surface area contributed by atoms with Gasteiger partial charge in [0, 0.05) is 4.48 Å². The molecular weight excluding hydrogens is 258 g/mol. The maximum absolute atomic E-state index is 11.2. The van der Waals surface area contributed by atoms with E-state index in [1.165, 1.54) is 7.11 Å². The van der Waals surface area contributed by atoms with Crippen LogP contribution in [0, 0.1) is 6.57 Å². The molecule has 0 bridgehead atoms. The SMILES string of the molecule is [C-]#[N+]/C(C(=O)OC)=C(\Br)c1ccccc1. The molecule has 1 aromatic carbocycles. The van der Waals surface area contributed by atoms with Gasteiger partial charge in [-0.25, -0.2) is 4.85 Å². The van der Waals surface area contributed by atoms with E-state index in [9.17, 15) is 4.79 Å². The van der Waals surface area contributed by atoms with Crippen molar-refractivity contribution < 1.29 is 9.53 Å². The Morgan fingerprint density at radius 3 is 2.47 bits per heavy atom. The summed E-state index contributed by atoms with van der Waals surface area (Å²) >= 11 is 3.22. The molecule has 0 N–H and O–H groups in total. The average Bonchev–Trinajstić information content (AvgIpc) is 2.30. The van der Waals surface area contributed by atoms with E-state index in [0.29, 0.717) is 4.48 Å². The van der Waals surface area contributed by atoms with E-state index in [2.05, 4.69) is 25.5 Å². The van der Waals surface area contributed by atoms with Gasteiger partial charge in [-0.2, -0.15) is 0 Å². The lowest BCUT2D eigenvalue weighted by molar-refractivity contribution is -0.135. The summed E-state index contributed by atoms with van der Waals surface area (Å²) in [6.45, 7) is 6.91. The number of hydrogen-bond donors (Lipinski definition) is 0. The molecule has 0 aromatic heterocycles. The minimum absolute atomic E-state index is 0.0521. The van der Waals surface area contributed by atoms with E-state index >= 15 is 0 Å². The molecule has 0 aliphatic rings. The first-order chi connectivity index (χ1) is 7.20. The first kappa shape index (κ1) is 11.5. The van der Waals surface area contributed by atoms with Gasteiger partial charge in [-0.1, -0.05) is 46.3 Å². The number of methoxy groups -OCH3 is 1. The second-order valence-electron chi connectivity index (χ2n) is 2.63. The molecule has 15 heavy (non-hydrogen) atoms. The van der Waals surface area contributed by atoms with Crippen LogP contribution in [0.25, 0.3) is 9.33 Å². The molecule has 0 heterocycles. The van der Waals surface area contributed by atoms with Crippen molar-refractivity contribution in [3.8, 4) is 0 Å². The van der Waals surface area contributed by atoms with Gasteiger partial charge in [-0.05, 0) is 5.56 Å². The Bertz CT molecular complexity index is 432. The van der Waals surface area contributed by atoms with Crippen molar-refractivity contribution in [3.05, 3.63) is 53.0 Å². The van der Waals surface area contributed by atoms with Crippen molar-refractivity contribution in [3.63, 3.8) is 0 Å². The lowest BCUT2D eigenvalue weighted by Crippen LogP contribution is -2.02. The van der Waals surface area contributed by atoms with Gasteiger partial charge < -0.3 is 4.74 Å². The van der Waals surface area contributed by atoms with Crippen molar-refractivity contribution in [2.24, 2.45) is 0 Å². The second kappa shape index (κ2) is 5.32. The largest absolute Gasteiger partial charge is 0.474 e. The fourth-order valence-electron chi connectivity index (χ4n) is 1.00. The number of esters is 1. The molecule has 0 saturated carbocycles. The van der Waals surface area contributed by atoms with Gasteiger partial charge in [0.05, 0.1) is 13.7 Å². The predicted octanol–water partition coefficient (Wildman–Crippen LogP) is 2.84. The van der Waals surface area contributed by atoms with Crippen LogP contribution < -0.4 is 0 Å². The highest BCUT2D eigenvalue weighted by molar-refractivity contribution is 9.15. The van der Waals surface area contributed by atoms with Gasteiger partial charge in [0.1, 0.15) is 0 Å². The Morgan fingerprint density at radius 2 is 2.00 bits per heavy atom. The highest BCUT2D eigenvalue weighted by Crippen LogP contribution is 2.26. The minimum Gasteiger partial charge on any atom is -0.474 e. The molecular formula is C11H8BrNO2. The summed E-state index contributed by atoms with van der Waals surface area (Å²) in [4.78, 5) is 14.4. The molecule has 0 radical (unpaired) electrons. The van der Waals surface area contributed by atoms with E-state index in [4.69, 9.17) is 6.57 Å². The lowest BCUT2D eigenvalue weighted by atomic mass is 10.2. The van der Waals surface area contributed by atoms with Crippen LogP contribution in [0.2, 0.25) is 0 Å². The summed E-state index contributed by atoms with van der Waals surface area (Å²) in [6.07, 6.45) is 0. The molecule has 0 fully saturated rings. The molecule has 0 atom stereocenters. The standard InChI is InChI=1S/C11H8BrNO2/c1-13-10(11(14)15-2)9(12)8-6-4-3-5-7-8/h3-7H,2H3/b10-9-. The molecule has 0 aliphatic carbocycles. The zero-order valence-corrected chi connectivity index (χ0v) is 9.61. The number of halogens is 1. The first-order valence-corrected chi connectivity index (χ1v) is 4.91. The molecule has 1 rings (SSSR count). The summed E-state index contributed by atoms with van der Waals surface area (Å²) in [7, 11) is 1.25. The molecule has 0 amide bonds. The minimum atomic E-state index is -0.638. The van der Waals surface area contributed by atoms with Gasteiger partial charge in [-0.15, -0.1) is 0 Å². The summed E-state index contributed by atoms with van der Waals surface area (Å²) in [5.74, 6) is -0.638. The number of hydrogen-bond acceptors (Lipinski definition) is 2. The van der Waals surface area contributed by atoms with Gasteiger partial charge in [0.25, 0.3) is 5.70 Å². The maximum Gasteiger partial charge on any atom is 0.337 e. The zero-order valence-electron chi connectivity index (χ0n) is 8.03. The molecule has 0 spiro atoms. The summed E-state index contributed by atoms with van der Waals surface area (Å²) in [6, 6.07) is 9.13. The lowest BCUT2D eigenvalue weighted by Gasteiger charge is -2.02. The van der Waals surface area contributed by atoms with Crippen molar-refractivity contribution in [1.82, 2.24) is 0 Å². The van der Waals surface area contributed by atoms with Crippen LogP contribution in [-0.2, 0) is 9.53 Å². The highest BCUT2D eigenvalue weighted by atomic mass is 79.9. The number of benzene rings is 1. The summed E-state index contributed by atoms with van der Waals surface area (Å²) < 4.78 is 4.95. The topological polar surface area (TPSA) is 30.7 Å². The number of nitrogens with zero attached hydrogens (tertiary/aromatic N) is 1.